The molecule has 1 N–H and O–H groups in total. The smallest absolute Gasteiger partial charge is 0.338 e. The number of hydrogen-bond acceptors (Lipinski definition) is 10. The van der Waals surface area contributed by atoms with Gasteiger partial charge in [-0.15, -0.1) is 11.3 Å². The lowest BCUT2D eigenvalue weighted by Crippen LogP contribution is -2.47. The molecule has 44 heavy (non-hydrogen) atoms. The van der Waals surface area contributed by atoms with Gasteiger partial charge in [-0.3, -0.25) is 19.2 Å². The molecule has 13 heteroatoms. The number of pyridine rings is 2. The van der Waals surface area contributed by atoms with Gasteiger partial charge in [0, 0.05) is 59.9 Å². The van der Waals surface area contributed by atoms with Crippen molar-refractivity contribution < 1.29 is 14.6 Å². The highest BCUT2D eigenvalue weighted by Crippen LogP contribution is 2.39. The zero-order valence-corrected chi connectivity index (χ0v) is 25.2. The number of carboxylic acids is 1. The highest BCUT2D eigenvalue weighted by atomic mass is 35.5. The van der Waals surface area contributed by atoms with Crippen LogP contribution in [0.2, 0.25) is 5.02 Å². The van der Waals surface area contributed by atoms with E-state index < -0.39 is 5.97 Å². The zero-order chi connectivity index (χ0) is 30.5. The Bertz CT molecular complexity index is 2070. The molecule has 0 aliphatic carbocycles. The Kier molecular flexibility index (Phi) is 7.16. The Labute approximate surface area is 260 Å². The number of rotatable bonds is 7. The molecule has 4 aromatic heterocycles. The molecule has 0 amide bonds. The minimum atomic E-state index is -1.04. The number of hydrogen-bond donors (Lipinski definition) is 1. The first-order valence-electron chi connectivity index (χ1n) is 14.2. The molecule has 6 heterocycles. The van der Waals surface area contributed by atoms with Crippen molar-refractivity contribution in [1.29, 1.82) is 5.26 Å². The minimum Gasteiger partial charge on any atom is -0.491 e. The van der Waals surface area contributed by atoms with Crippen molar-refractivity contribution in [3.05, 3.63) is 74.4 Å². The van der Waals surface area contributed by atoms with Crippen LogP contribution in [0, 0.1) is 18.3 Å². The van der Waals surface area contributed by atoms with Crippen LogP contribution >= 0.6 is 22.9 Å². The molecule has 2 aliphatic rings. The first-order valence-corrected chi connectivity index (χ1v) is 15.4. The van der Waals surface area contributed by atoms with Gasteiger partial charge in [-0.2, -0.15) is 5.26 Å². The van der Waals surface area contributed by atoms with Gasteiger partial charge in [0.05, 0.1) is 39.4 Å². The standard InChI is InChI=1S/C31H26ClN7O4S/c1-17-36-24-14-35-29(39-9-8-37-7-5-19(39)15-37)22(13-33)26(24)30(40)38(17)10-11-43-25-3-2-18(32)12-21(25)20-4-6-34-27-23(31(41)42)16-44-28(20)27/h2-4,6,12,14,16,19H,5,7-11,15H2,1H3,(H,41,42). The largest absolute Gasteiger partial charge is 0.491 e. The summed E-state index contributed by atoms with van der Waals surface area (Å²) < 4.78 is 8.45. The zero-order valence-electron chi connectivity index (χ0n) is 23.7. The summed E-state index contributed by atoms with van der Waals surface area (Å²) in [5.74, 6) is 0.510. The van der Waals surface area contributed by atoms with Crippen LogP contribution in [0.5, 0.6) is 5.75 Å². The van der Waals surface area contributed by atoms with E-state index in [-0.39, 0.29) is 41.3 Å². The summed E-state index contributed by atoms with van der Waals surface area (Å²) in [7, 11) is 0. The summed E-state index contributed by atoms with van der Waals surface area (Å²) in [6, 6.07) is 9.55. The molecule has 11 nitrogen and oxygen atoms in total. The average Bonchev–Trinajstić information content (AvgIpc) is 3.63. The van der Waals surface area contributed by atoms with E-state index in [2.05, 4.69) is 30.8 Å². The van der Waals surface area contributed by atoms with E-state index >= 15 is 0 Å². The number of aryl methyl sites for hydroxylation is 1. The predicted octanol–water partition coefficient (Wildman–Crippen LogP) is 4.57. The number of nitrogens with zero attached hydrogens (tertiary/aromatic N) is 7. The number of piperazine rings is 1. The van der Waals surface area contributed by atoms with Crippen LogP contribution < -0.4 is 15.2 Å². The number of fused-ring (bicyclic) bond motifs is 4. The van der Waals surface area contributed by atoms with E-state index in [4.69, 9.17) is 16.3 Å². The maximum absolute atomic E-state index is 13.9. The molecule has 2 bridgehead atoms. The summed E-state index contributed by atoms with van der Waals surface area (Å²) in [6.07, 6.45) is 4.16. The second kappa shape index (κ2) is 11.2. The van der Waals surface area contributed by atoms with Crippen molar-refractivity contribution in [3.8, 4) is 22.9 Å². The Morgan fingerprint density at radius 1 is 1.23 bits per heavy atom. The van der Waals surface area contributed by atoms with Crippen LogP contribution in [0.25, 0.3) is 32.2 Å². The molecule has 7 rings (SSSR count). The lowest BCUT2D eigenvalue weighted by atomic mass is 10.0. The van der Waals surface area contributed by atoms with Gasteiger partial charge in [0.25, 0.3) is 5.56 Å². The van der Waals surface area contributed by atoms with E-state index in [1.165, 1.54) is 15.9 Å². The van der Waals surface area contributed by atoms with Gasteiger partial charge in [-0.05, 0) is 37.6 Å². The van der Waals surface area contributed by atoms with E-state index in [1.807, 2.05) is 0 Å². The summed E-state index contributed by atoms with van der Waals surface area (Å²) in [4.78, 5) is 43.7. The molecular formula is C31H26ClN7O4S. The average molecular weight is 628 g/mol. The fourth-order valence-electron chi connectivity index (χ4n) is 6.26. The first kappa shape index (κ1) is 28.2. The lowest BCUT2D eigenvalue weighted by molar-refractivity contribution is 0.0699. The van der Waals surface area contributed by atoms with Gasteiger partial charge in [-0.1, -0.05) is 11.6 Å². The van der Waals surface area contributed by atoms with E-state index in [0.717, 1.165) is 38.2 Å². The third kappa shape index (κ3) is 4.73. The summed E-state index contributed by atoms with van der Waals surface area (Å²) in [6.45, 7) is 5.69. The molecule has 2 unspecified atom stereocenters. The van der Waals surface area contributed by atoms with Crippen molar-refractivity contribution in [3.63, 3.8) is 0 Å². The molecule has 0 spiro atoms. The number of thiophene rings is 1. The van der Waals surface area contributed by atoms with Gasteiger partial charge >= 0.3 is 5.97 Å². The molecule has 2 saturated heterocycles. The summed E-state index contributed by atoms with van der Waals surface area (Å²) in [5, 5.41) is 22.1. The molecule has 0 saturated carbocycles. The maximum Gasteiger partial charge on any atom is 0.338 e. The van der Waals surface area contributed by atoms with Crippen molar-refractivity contribution in [2.24, 2.45) is 0 Å². The topological polar surface area (TPSA) is 137 Å². The number of benzene rings is 1. The number of aromatic nitrogens is 4. The number of carbonyl (C=O) groups is 1. The Morgan fingerprint density at radius 2 is 2.09 bits per heavy atom. The molecule has 0 radical (unpaired) electrons. The monoisotopic (exact) mass is 627 g/mol. The van der Waals surface area contributed by atoms with Crippen molar-refractivity contribution >= 4 is 55.8 Å². The van der Waals surface area contributed by atoms with Gasteiger partial charge in [-0.25, -0.2) is 14.8 Å². The first-order chi connectivity index (χ1) is 21.3. The Morgan fingerprint density at radius 3 is 2.91 bits per heavy atom. The second-order valence-electron chi connectivity index (χ2n) is 10.9. The lowest BCUT2D eigenvalue weighted by Gasteiger charge is -2.35. The van der Waals surface area contributed by atoms with Gasteiger partial charge in [0.15, 0.2) is 0 Å². The SMILES string of the molecule is Cc1nc2cnc(N3CCN4CCC3C4)c(C#N)c2c(=O)n1CCOc1ccc(Cl)cc1-c1ccnc2c(C(=O)O)csc12. The van der Waals surface area contributed by atoms with Crippen LogP contribution in [0.15, 0.2) is 46.8 Å². The number of ether oxygens (including phenoxy) is 1. The molecule has 222 valence electrons. The highest BCUT2D eigenvalue weighted by molar-refractivity contribution is 7.18. The molecule has 2 atom stereocenters. The Balaban J connectivity index is 1.21. The fraction of sp³-hybridized carbons (Fsp3) is 0.290. The molecular weight excluding hydrogens is 602 g/mol. The molecule has 2 aliphatic heterocycles. The van der Waals surface area contributed by atoms with Gasteiger partial charge in [0.1, 0.15) is 35.6 Å². The quantitative estimate of drug-likeness (QED) is 0.273. The van der Waals surface area contributed by atoms with Gasteiger partial charge in [0.2, 0.25) is 0 Å². The van der Waals surface area contributed by atoms with Crippen molar-refractivity contribution in [2.45, 2.75) is 25.9 Å². The maximum atomic E-state index is 13.9. The number of carboxylic acid groups (broad SMARTS) is 1. The minimum absolute atomic E-state index is 0.130. The Hall–Kier alpha value is -4.57. The van der Waals surface area contributed by atoms with Crippen molar-refractivity contribution in [2.75, 3.05) is 37.7 Å². The van der Waals surface area contributed by atoms with E-state index in [0.29, 0.717) is 43.7 Å². The summed E-state index contributed by atoms with van der Waals surface area (Å²) in [5.41, 5.74) is 2.30. The van der Waals surface area contributed by atoms with Crippen molar-refractivity contribution in [1.82, 2.24) is 24.4 Å². The number of anilines is 1. The third-order valence-corrected chi connectivity index (χ3v) is 9.63. The fourth-order valence-corrected chi connectivity index (χ4v) is 7.46. The van der Waals surface area contributed by atoms with Crippen LogP contribution in [-0.2, 0) is 6.54 Å². The van der Waals surface area contributed by atoms with Crippen LogP contribution in [0.4, 0.5) is 5.82 Å². The number of halogens is 1. The molecule has 2 fully saturated rings. The molecule has 1 aromatic carbocycles. The van der Waals surface area contributed by atoms with Crippen LogP contribution in [-0.4, -0.2) is 74.3 Å². The summed E-state index contributed by atoms with van der Waals surface area (Å²) >= 11 is 7.66. The second-order valence-corrected chi connectivity index (χ2v) is 12.2. The third-order valence-electron chi connectivity index (χ3n) is 8.39. The van der Waals surface area contributed by atoms with Crippen LogP contribution in [0.1, 0.15) is 28.2 Å². The van der Waals surface area contributed by atoms with E-state index in [9.17, 15) is 20.0 Å². The number of nitriles is 1. The van der Waals surface area contributed by atoms with Crippen LogP contribution in [0.3, 0.4) is 0 Å². The predicted molar refractivity (Wildman–Crippen MR) is 168 cm³/mol. The van der Waals surface area contributed by atoms with E-state index in [1.54, 1.807) is 49.0 Å². The highest BCUT2D eigenvalue weighted by Gasteiger charge is 2.35. The van der Waals surface area contributed by atoms with Gasteiger partial charge < -0.3 is 14.7 Å². The number of aromatic carboxylic acids is 1. The molecule has 5 aromatic rings. The normalized spacial score (nSPS) is 17.7.